The van der Waals surface area contributed by atoms with Gasteiger partial charge in [0.05, 0.1) is 22.2 Å². The van der Waals surface area contributed by atoms with Crippen LogP contribution in [0, 0.1) is 13.8 Å². The van der Waals surface area contributed by atoms with Gasteiger partial charge in [-0.1, -0.05) is 225 Å². The van der Waals surface area contributed by atoms with E-state index >= 15 is 0 Å². The summed E-state index contributed by atoms with van der Waals surface area (Å²) in [6.07, 6.45) is 16.1. The van der Waals surface area contributed by atoms with Crippen molar-refractivity contribution in [2.24, 2.45) is 0 Å². The SMILES string of the molecule is CCCC[Si](CCCC)(CCCC)c1ccc([PH+](c2ccc(C)cc2)N(C(C)C)[PH+](c2ccc(C)cc2)c2ccc([Si](CCCC)(CCCC)CCCC)cc2)cc1.[Cl][Cr+][Cl]. The predicted molar refractivity (Wildman–Crippen MR) is 288 cm³/mol. The molecule has 1 nitrogen and oxygen atoms in total. The fourth-order valence-corrected chi connectivity index (χ4v) is 28.0. The molecule has 2 unspecified atom stereocenters. The Morgan fingerprint density at radius 3 is 0.836 bits per heavy atom. The van der Waals surface area contributed by atoms with Gasteiger partial charge in [0.2, 0.25) is 0 Å². The molecule has 0 heterocycles. The van der Waals surface area contributed by atoms with Gasteiger partial charge in [0.1, 0.15) is 21.2 Å². The van der Waals surface area contributed by atoms with Crippen LogP contribution in [0.3, 0.4) is 0 Å². The molecule has 0 saturated heterocycles. The topological polar surface area (TPSA) is 3.24 Å². The maximum absolute atomic E-state index is 4.83. The van der Waals surface area contributed by atoms with Gasteiger partial charge < -0.3 is 0 Å². The Labute approximate surface area is 395 Å². The number of benzene rings is 4. The summed E-state index contributed by atoms with van der Waals surface area (Å²) in [5.41, 5.74) is 2.69. The molecule has 4 aromatic rings. The molecule has 0 fully saturated rings. The molecule has 0 aliphatic rings. The second kappa shape index (κ2) is 29.7. The van der Waals surface area contributed by atoms with Crippen molar-refractivity contribution >= 4 is 84.0 Å². The van der Waals surface area contributed by atoms with E-state index in [1.54, 1.807) is 21.0 Å². The average Bonchev–Trinajstić information content (AvgIpc) is 3.27. The van der Waals surface area contributed by atoms with Crippen molar-refractivity contribution < 1.29 is 13.4 Å². The molecule has 61 heavy (non-hydrogen) atoms. The van der Waals surface area contributed by atoms with Crippen LogP contribution in [0.25, 0.3) is 0 Å². The van der Waals surface area contributed by atoms with E-state index in [4.69, 9.17) is 20.1 Å². The standard InChI is InChI=1S/C53H83NP2Si2.2ClH.Cr/c1-11-17-39-57(40-18-12-2,41-19-13-3)52-35-31-50(32-36-52)55(48-27-23-46(9)24-28-48)54(45(7)8)56(49-29-25-47(10)26-30-49)51-33-37-53(38-34-51)58(42-20-14-4,43-21-15-5)44-22-16-6;;;/h23-38,45H,11-22,39-44H2,1-10H3;2*1H;/q;;;+3. The fraction of sp³-hybridized carbons (Fsp3) is 0.547. The summed E-state index contributed by atoms with van der Waals surface area (Å²) in [6, 6.07) is 49.6. The zero-order valence-corrected chi connectivity index (χ0v) is 46.9. The molecule has 337 valence electrons. The Kier molecular flexibility index (Phi) is 26.6. The van der Waals surface area contributed by atoms with Crippen molar-refractivity contribution in [1.82, 2.24) is 4.44 Å². The molecule has 4 aromatic carbocycles. The zero-order valence-electron chi connectivity index (χ0n) is 40.2. The summed E-state index contributed by atoms with van der Waals surface area (Å²) >= 11 is -0.181. The molecular weight excluding hydrogens is 892 g/mol. The van der Waals surface area contributed by atoms with Gasteiger partial charge >= 0.3 is 33.5 Å². The Morgan fingerprint density at radius 2 is 0.639 bits per heavy atom. The van der Waals surface area contributed by atoms with Crippen LogP contribution in [0.2, 0.25) is 36.3 Å². The minimum absolute atomic E-state index is 0.181. The summed E-state index contributed by atoms with van der Waals surface area (Å²) in [7, 11) is 3.77. The van der Waals surface area contributed by atoms with Gasteiger partial charge in [0, 0.05) is 0 Å². The predicted octanol–water partition coefficient (Wildman–Crippen LogP) is 15.4. The molecule has 0 spiro atoms. The molecule has 0 aliphatic carbocycles. The number of aryl methyl sites for hydroxylation is 2. The van der Waals surface area contributed by atoms with E-state index in [9.17, 15) is 0 Å². The van der Waals surface area contributed by atoms with E-state index in [2.05, 4.69) is 171 Å². The second-order valence-electron chi connectivity index (χ2n) is 18.3. The van der Waals surface area contributed by atoms with E-state index in [1.165, 1.54) is 135 Å². The summed E-state index contributed by atoms with van der Waals surface area (Å²) in [5, 5.41) is 9.59. The quantitative estimate of drug-likeness (QED) is 0.0425. The van der Waals surface area contributed by atoms with E-state index < -0.39 is 32.3 Å². The monoisotopic (exact) mass is 975 g/mol. The van der Waals surface area contributed by atoms with Gasteiger partial charge in [0.15, 0.2) is 16.1 Å². The van der Waals surface area contributed by atoms with Crippen molar-refractivity contribution in [3.8, 4) is 0 Å². The zero-order chi connectivity index (χ0) is 44.7. The first kappa shape index (κ1) is 54.6. The molecule has 0 aliphatic heterocycles. The maximum atomic E-state index is 4.83. The Balaban J connectivity index is 0.00000321. The number of nitrogens with zero attached hydrogens (tertiary/aromatic N) is 1. The van der Waals surface area contributed by atoms with Crippen LogP contribution in [0.5, 0.6) is 0 Å². The van der Waals surface area contributed by atoms with Crippen molar-refractivity contribution in [1.29, 1.82) is 0 Å². The van der Waals surface area contributed by atoms with Crippen LogP contribution in [0.15, 0.2) is 97.1 Å². The van der Waals surface area contributed by atoms with Crippen LogP contribution in [0.4, 0.5) is 0 Å². The Hall–Kier alpha value is -0.754. The molecule has 0 radical (unpaired) electrons. The van der Waals surface area contributed by atoms with Crippen molar-refractivity contribution in [2.45, 2.75) is 189 Å². The average molecular weight is 977 g/mol. The Bertz CT molecular complexity index is 1570. The summed E-state index contributed by atoms with van der Waals surface area (Å²) in [4.78, 5) is 0. The third-order valence-electron chi connectivity index (χ3n) is 13.2. The first-order valence-electron chi connectivity index (χ1n) is 24.3. The molecule has 8 heteroatoms. The van der Waals surface area contributed by atoms with Crippen molar-refractivity contribution in [2.75, 3.05) is 0 Å². The van der Waals surface area contributed by atoms with E-state index in [-0.39, 0.29) is 13.4 Å². The van der Waals surface area contributed by atoms with Gasteiger partial charge in [0.25, 0.3) is 0 Å². The third kappa shape index (κ3) is 16.3. The van der Waals surface area contributed by atoms with Crippen LogP contribution in [-0.4, -0.2) is 26.6 Å². The number of hydrogen-bond acceptors (Lipinski definition) is 1. The Morgan fingerprint density at radius 1 is 0.426 bits per heavy atom. The molecule has 0 bridgehead atoms. The van der Waals surface area contributed by atoms with Crippen LogP contribution in [0.1, 0.15) is 144 Å². The molecule has 2 atom stereocenters. The molecule has 0 N–H and O–H groups in total. The van der Waals surface area contributed by atoms with E-state index in [0.29, 0.717) is 6.04 Å². The second-order valence-corrected chi connectivity index (χ2v) is 34.8. The third-order valence-corrected chi connectivity index (χ3v) is 31.1. The molecule has 0 saturated carbocycles. The van der Waals surface area contributed by atoms with Crippen molar-refractivity contribution in [3.63, 3.8) is 0 Å². The van der Waals surface area contributed by atoms with Gasteiger partial charge in [-0.15, -0.1) is 0 Å². The van der Waals surface area contributed by atoms with Crippen LogP contribution in [-0.2, 0) is 13.4 Å². The summed E-state index contributed by atoms with van der Waals surface area (Å²) in [5.74, 6) is 0. The molecule has 4 rings (SSSR count). The number of hydrogen-bond donors (Lipinski definition) is 0. The van der Waals surface area contributed by atoms with E-state index in [0.717, 1.165) is 0 Å². The van der Waals surface area contributed by atoms with E-state index in [1.807, 2.05) is 0 Å². The first-order chi connectivity index (χ1) is 29.5. The van der Waals surface area contributed by atoms with Gasteiger partial charge in [-0.2, -0.15) is 0 Å². The molecule has 0 aromatic heterocycles. The van der Waals surface area contributed by atoms with Gasteiger partial charge in [-0.05, 0) is 80.7 Å². The fourth-order valence-electron chi connectivity index (χ4n) is 9.61. The van der Waals surface area contributed by atoms with Gasteiger partial charge in [-0.25, -0.2) is 0 Å². The number of unbranched alkanes of at least 4 members (excludes halogenated alkanes) is 6. The minimum atomic E-state index is -1.60. The van der Waals surface area contributed by atoms with Crippen molar-refractivity contribution in [3.05, 3.63) is 108 Å². The number of halogens is 2. The number of rotatable bonds is 27. The normalized spacial score (nSPS) is 13.0. The first-order valence-corrected chi connectivity index (χ1v) is 36.0. The van der Waals surface area contributed by atoms with Crippen LogP contribution < -0.4 is 31.6 Å². The summed E-state index contributed by atoms with van der Waals surface area (Å²) < 4.78 is 3.06. The summed E-state index contributed by atoms with van der Waals surface area (Å²) in [6.45, 7) is 23.8. The van der Waals surface area contributed by atoms with Gasteiger partial charge in [-0.3, -0.25) is 0 Å². The molecule has 0 amide bonds. The van der Waals surface area contributed by atoms with Crippen LogP contribution >= 0.6 is 36.2 Å². The molecular formula is C53H85Cl2CrNP2Si2+3.